The third kappa shape index (κ3) is 2.45. The standard InChI is InChI=1S/C14H20N2OS/c17-14(11-8-15-9-11)16-13(10-4-1-2-5-10)12-6-3-7-18-12/h3,6-7,10-11,13,15H,1-2,4-5,8-9H2,(H,16,17). The molecule has 2 N–H and O–H groups in total. The first-order valence-electron chi connectivity index (χ1n) is 6.89. The smallest absolute Gasteiger partial charge is 0.226 e. The molecule has 98 valence electrons. The van der Waals surface area contributed by atoms with Crippen molar-refractivity contribution in [1.82, 2.24) is 10.6 Å². The second kappa shape index (κ2) is 5.41. The molecule has 0 spiro atoms. The fourth-order valence-corrected chi connectivity index (χ4v) is 3.79. The van der Waals surface area contributed by atoms with Gasteiger partial charge in [0.25, 0.3) is 0 Å². The fraction of sp³-hybridized carbons (Fsp3) is 0.643. The molecule has 1 atom stereocenters. The van der Waals surface area contributed by atoms with Gasteiger partial charge >= 0.3 is 0 Å². The Labute approximate surface area is 112 Å². The maximum Gasteiger partial charge on any atom is 0.226 e. The average molecular weight is 264 g/mol. The van der Waals surface area contributed by atoms with Gasteiger partial charge in [-0.2, -0.15) is 0 Å². The van der Waals surface area contributed by atoms with Gasteiger partial charge in [0.15, 0.2) is 0 Å². The maximum absolute atomic E-state index is 12.1. The van der Waals surface area contributed by atoms with E-state index in [1.807, 2.05) is 0 Å². The van der Waals surface area contributed by atoms with Crippen LogP contribution in [0.5, 0.6) is 0 Å². The van der Waals surface area contributed by atoms with Gasteiger partial charge < -0.3 is 10.6 Å². The molecule has 3 nitrogen and oxygen atoms in total. The minimum atomic E-state index is 0.189. The van der Waals surface area contributed by atoms with Crippen molar-refractivity contribution in [1.29, 1.82) is 0 Å². The lowest BCUT2D eigenvalue weighted by molar-refractivity contribution is -0.127. The number of hydrogen-bond donors (Lipinski definition) is 2. The summed E-state index contributed by atoms with van der Waals surface area (Å²) >= 11 is 1.77. The third-order valence-electron chi connectivity index (χ3n) is 4.17. The first kappa shape index (κ1) is 12.2. The summed E-state index contributed by atoms with van der Waals surface area (Å²) in [7, 11) is 0. The van der Waals surface area contributed by atoms with Gasteiger partial charge in [-0.1, -0.05) is 18.9 Å². The summed E-state index contributed by atoms with van der Waals surface area (Å²) < 4.78 is 0. The molecule has 1 aromatic rings. The minimum Gasteiger partial charge on any atom is -0.348 e. The zero-order valence-corrected chi connectivity index (χ0v) is 11.3. The van der Waals surface area contributed by atoms with Gasteiger partial charge in [-0.05, 0) is 30.2 Å². The van der Waals surface area contributed by atoms with Gasteiger partial charge in [0.05, 0.1) is 12.0 Å². The van der Waals surface area contributed by atoms with Crippen LogP contribution in [0.25, 0.3) is 0 Å². The first-order valence-corrected chi connectivity index (χ1v) is 7.77. The SMILES string of the molecule is O=C(NC(c1cccs1)C1CCCC1)C1CNC1. The van der Waals surface area contributed by atoms with E-state index in [0.717, 1.165) is 13.1 Å². The molecule has 1 saturated carbocycles. The number of carbonyl (C=O) groups excluding carboxylic acids is 1. The van der Waals surface area contributed by atoms with Crippen molar-refractivity contribution in [3.8, 4) is 0 Å². The van der Waals surface area contributed by atoms with Gasteiger partial charge in [0, 0.05) is 18.0 Å². The molecule has 0 radical (unpaired) electrons. The van der Waals surface area contributed by atoms with Crippen molar-refractivity contribution in [3.05, 3.63) is 22.4 Å². The Morgan fingerprint density at radius 2 is 2.17 bits per heavy atom. The van der Waals surface area contributed by atoms with Gasteiger partial charge in [-0.3, -0.25) is 4.79 Å². The zero-order valence-electron chi connectivity index (χ0n) is 10.5. The Morgan fingerprint density at radius 3 is 2.72 bits per heavy atom. The van der Waals surface area contributed by atoms with Crippen LogP contribution in [0.1, 0.15) is 36.6 Å². The molecule has 1 aromatic heterocycles. The van der Waals surface area contributed by atoms with E-state index in [0.29, 0.717) is 5.92 Å². The maximum atomic E-state index is 12.1. The molecule has 3 rings (SSSR count). The molecule has 2 heterocycles. The molecular weight excluding hydrogens is 244 g/mol. The Balaban J connectivity index is 1.70. The van der Waals surface area contributed by atoms with Crippen LogP contribution in [0.3, 0.4) is 0 Å². The van der Waals surface area contributed by atoms with E-state index in [4.69, 9.17) is 0 Å². The van der Waals surface area contributed by atoms with Crippen LogP contribution in [0.2, 0.25) is 0 Å². The summed E-state index contributed by atoms with van der Waals surface area (Å²) in [5.41, 5.74) is 0. The van der Waals surface area contributed by atoms with Crippen molar-refractivity contribution in [2.24, 2.45) is 11.8 Å². The lowest BCUT2D eigenvalue weighted by Crippen LogP contribution is -2.51. The van der Waals surface area contributed by atoms with Crippen LogP contribution >= 0.6 is 11.3 Å². The van der Waals surface area contributed by atoms with Crippen molar-refractivity contribution < 1.29 is 4.79 Å². The molecular formula is C14H20N2OS. The van der Waals surface area contributed by atoms with E-state index < -0.39 is 0 Å². The number of nitrogens with one attached hydrogen (secondary N) is 2. The van der Waals surface area contributed by atoms with Crippen LogP contribution in [-0.2, 0) is 4.79 Å². The third-order valence-corrected chi connectivity index (χ3v) is 5.13. The van der Waals surface area contributed by atoms with E-state index in [2.05, 4.69) is 28.1 Å². The molecule has 1 saturated heterocycles. The predicted molar refractivity (Wildman–Crippen MR) is 73.5 cm³/mol. The Bertz CT molecular complexity index is 394. The number of hydrogen-bond acceptors (Lipinski definition) is 3. The van der Waals surface area contributed by atoms with Crippen LogP contribution < -0.4 is 10.6 Å². The highest BCUT2D eigenvalue weighted by molar-refractivity contribution is 7.10. The Kier molecular flexibility index (Phi) is 3.66. The Morgan fingerprint density at radius 1 is 1.39 bits per heavy atom. The molecule has 1 aliphatic carbocycles. The molecule has 18 heavy (non-hydrogen) atoms. The van der Waals surface area contributed by atoms with Gasteiger partial charge in [0.1, 0.15) is 0 Å². The predicted octanol–water partition coefficient (Wildman–Crippen LogP) is 2.32. The van der Waals surface area contributed by atoms with Gasteiger partial charge in [-0.25, -0.2) is 0 Å². The highest BCUT2D eigenvalue weighted by Gasteiger charge is 2.32. The largest absolute Gasteiger partial charge is 0.348 e. The molecule has 0 aromatic carbocycles. The molecule has 0 bridgehead atoms. The monoisotopic (exact) mass is 264 g/mol. The fourth-order valence-electron chi connectivity index (χ4n) is 2.93. The van der Waals surface area contributed by atoms with Crippen LogP contribution in [0, 0.1) is 11.8 Å². The number of amides is 1. The normalized spacial score (nSPS) is 22.7. The van der Waals surface area contributed by atoms with Crippen LogP contribution in [-0.4, -0.2) is 19.0 Å². The number of thiophene rings is 1. The molecule has 1 amide bonds. The van der Waals surface area contributed by atoms with Crippen LogP contribution in [0.4, 0.5) is 0 Å². The lowest BCUT2D eigenvalue weighted by atomic mass is 9.94. The molecule has 4 heteroatoms. The summed E-state index contributed by atoms with van der Waals surface area (Å²) in [6.07, 6.45) is 5.14. The quantitative estimate of drug-likeness (QED) is 0.876. The number of rotatable bonds is 4. The second-order valence-electron chi connectivity index (χ2n) is 5.40. The second-order valence-corrected chi connectivity index (χ2v) is 6.38. The molecule has 2 aliphatic rings. The van der Waals surface area contributed by atoms with E-state index in [-0.39, 0.29) is 17.9 Å². The van der Waals surface area contributed by atoms with Crippen molar-refractivity contribution in [2.75, 3.05) is 13.1 Å². The zero-order chi connectivity index (χ0) is 12.4. The van der Waals surface area contributed by atoms with E-state index in [1.54, 1.807) is 11.3 Å². The lowest BCUT2D eigenvalue weighted by Gasteiger charge is -2.30. The summed E-state index contributed by atoms with van der Waals surface area (Å²) in [5, 5.41) is 8.56. The van der Waals surface area contributed by atoms with Crippen LogP contribution in [0.15, 0.2) is 17.5 Å². The molecule has 1 unspecified atom stereocenters. The summed E-state index contributed by atoms with van der Waals surface area (Å²) in [4.78, 5) is 13.5. The highest BCUT2D eigenvalue weighted by Crippen LogP contribution is 2.37. The van der Waals surface area contributed by atoms with E-state index in [1.165, 1.54) is 30.6 Å². The van der Waals surface area contributed by atoms with Crippen molar-refractivity contribution in [3.63, 3.8) is 0 Å². The van der Waals surface area contributed by atoms with E-state index >= 15 is 0 Å². The summed E-state index contributed by atoms with van der Waals surface area (Å²) in [6.45, 7) is 1.68. The van der Waals surface area contributed by atoms with Crippen molar-refractivity contribution in [2.45, 2.75) is 31.7 Å². The summed E-state index contributed by atoms with van der Waals surface area (Å²) in [5.74, 6) is 1.06. The van der Waals surface area contributed by atoms with Gasteiger partial charge in [-0.15, -0.1) is 11.3 Å². The molecule has 1 aliphatic heterocycles. The van der Waals surface area contributed by atoms with E-state index in [9.17, 15) is 4.79 Å². The Hall–Kier alpha value is -0.870. The van der Waals surface area contributed by atoms with Gasteiger partial charge in [0.2, 0.25) is 5.91 Å². The summed E-state index contributed by atoms with van der Waals surface area (Å²) in [6, 6.07) is 4.49. The average Bonchev–Trinajstić information content (AvgIpc) is 2.97. The topological polar surface area (TPSA) is 41.1 Å². The first-order chi connectivity index (χ1) is 8.84. The van der Waals surface area contributed by atoms with Crippen molar-refractivity contribution >= 4 is 17.2 Å². The number of carbonyl (C=O) groups is 1. The minimum absolute atomic E-state index is 0.189. The highest BCUT2D eigenvalue weighted by atomic mass is 32.1. The molecule has 2 fully saturated rings.